The number of hydrogen-bond acceptors (Lipinski definition) is 6. The zero-order valence-corrected chi connectivity index (χ0v) is 18.0. The molecule has 10 heteroatoms. The van der Waals surface area contributed by atoms with Gasteiger partial charge in [0, 0.05) is 24.9 Å². The number of rotatable bonds is 12. The van der Waals surface area contributed by atoms with Crippen molar-refractivity contribution in [1.29, 1.82) is 0 Å². The number of likely N-dealkylation sites (tertiary alicyclic amines) is 1. The van der Waals surface area contributed by atoms with Crippen molar-refractivity contribution in [2.75, 3.05) is 13.6 Å². The van der Waals surface area contributed by atoms with Crippen molar-refractivity contribution in [3.8, 4) is 0 Å². The van der Waals surface area contributed by atoms with Gasteiger partial charge in [-0.25, -0.2) is 8.78 Å². The Bertz CT molecular complexity index is 624. The first-order chi connectivity index (χ1) is 14.0. The summed E-state index contributed by atoms with van der Waals surface area (Å²) in [5.41, 5.74) is -1.36. The molecule has 1 aliphatic rings. The van der Waals surface area contributed by atoms with Crippen molar-refractivity contribution in [3.63, 3.8) is 0 Å². The summed E-state index contributed by atoms with van der Waals surface area (Å²) in [5, 5.41) is 15.6. The monoisotopic (exact) mass is 433 g/mol. The van der Waals surface area contributed by atoms with Crippen LogP contribution in [0.1, 0.15) is 52.9 Å². The molecular weight excluding hydrogens is 400 g/mol. The fraction of sp³-hybridized carbons (Fsp3) is 0.800. The van der Waals surface area contributed by atoms with E-state index in [0.29, 0.717) is 19.4 Å². The molecule has 1 heterocycles. The standard InChI is InChI=1S/C20H33F2N3O5/c1-5-12(17(21)22)9-13(10-14(27)11-26)24-18(28)15-7-6-8-25(15)19(29)16(23-4)20(2,3)30/h11-13,15-17,23,30H,5-10H2,1-4H3,(H,24,28). The Morgan fingerprint density at radius 3 is 2.40 bits per heavy atom. The largest absolute Gasteiger partial charge is 0.388 e. The summed E-state index contributed by atoms with van der Waals surface area (Å²) in [4.78, 5) is 49.4. The molecule has 0 bridgehead atoms. The first-order valence-corrected chi connectivity index (χ1v) is 10.2. The van der Waals surface area contributed by atoms with Gasteiger partial charge in [-0.05, 0) is 46.6 Å². The fourth-order valence-electron chi connectivity index (χ4n) is 3.84. The summed E-state index contributed by atoms with van der Waals surface area (Å²) in [5.74, 6) is -2.82. The molecule has 0 aliphatic carbocycles. The van der Waals surface area contributed by atoms with Crippen LogP contribution in [-0.4, -0.2) is 77.6 Å². The van der Waals surface area contributed by atoms with Crippen LogP contribution in [-0.2, 0) is 19.2 Å². The highest BCUT2D eigenvalue weighted by Crippen LogP contribution is 2.24. The zero-order chi connectivity index (χ0) is 23.1. The number of hydrogen-bond donors (Lipinski definition) is 3. The number of Topliss-reactive ketones (excluding diaryl/α,β-unsaturated/α-hetero) is 1. The Labute approximate surface area is 175 Å². The Morgan fingerprint density at radius 2 is 1.93 bits per heavy atom. The normalized spacial score (nSPS) is 20.0. The number of carbonyl (C=O) groups is 4. The van der Waals surface area contributed by atoms with Crippen molar-refractivity contribution < 1.29 is 33.1 Å². The van der Waals surface area contributed by atoms with E-state index in [1.54, 1.807) is 6.92 Å². The molecule has 2 amide bonds. The SMILES string of the molecule is CCC(CC(CC(=O)C=O)NC(=O)C1CCCN1C(=O)C(NC)C(C)(C)O)C(F)F. The smallest absolute Gasteiger partial charge is 0.243 e. The van der Waals surface area contributed by atoms with Crippen molar-refractivity contribution >= 4 is 23.9 Å². The van der Waals surface area contributed by atoms with E-state index < -0.39 is 53.7 Å². The van der Waals surface area contributed by atoms with Gasteiger partial charge >= 0.3 is 0 Å². The molecular formula is C20H33F2N3O5. The second-order valence-electron chi connectivity index (χ2n) is 8.30. The van der Waals surface area contributed by atoms with Crippen molar-refractivity contribution in [2.45, 2.75) is 83.0 Å². The third kappa shape index (κ3) is 7.09. The molecule has 0 aromatic rings. The number of likely N-dealkylation sites (N-methyl/N-ethyl adjacent to an activating group) is 1. The predicted octanol–water partition coefficient (Wildman–Crippen LogP) is 0.661. The van der Waals surface area contributed by atoms with Crippen LogP contribution in [0.15, 0.2) is 0 Å². The topological polar surface area (TPSA) is 116 Å². The molecule has 30 heavy (non-hydrogen) atoms. The lowest BCUT2D eigenvalue weighted by molar-refractivity contribution is -0.144. The molecule has 8 nitrogen and oxygen atoms in total. The number of aldehydes is 1. The minimum absolute atomic E-state index is 0.106. The molecule has 1 saturated heterocycles. The fourth-order valence-corrected chi connectivity index (χ4v) is 3.84. The summed E-state index contributed by atoms with van der Waals surface area (Å²) < 4.78 is 26.3. The Balaban J connectivity index is 2.96. The number of aliphatic hydroxyl groups is 1. The van der Waals surface area contributed by atoms with Gasteiger partial charge in [-0.3, -0.25) is 19.2 Å². The number of alkyl halides is 2. The van der Waals surface area contributed by atoms with Gasteiger partial charge < -0.3 is 20.6 Å². The lowest BCUT2D eigenvalue weighted by Gasteiger charge is -2.34. The average Bonchev–Trinajstić information content (AvgIpc) is 3.14. The number of nitrogens with one attached hydrogen (secondary N) is 2. The Hall–Kier alpha value is -1.94. The summed E-state index contributed by atoms with van der Waals surface area (Å²) >= 11 is 0. The van der Waals surface area contributed by atoms with E-state index in [4.69, 9.17) is 0 Å². The minimum atomic E-state index is -2.62. The molecule has 0 aromatic heterocycles. The first-order valence-electron chi connectivity index (χ1n) is 10.2. The molecule has 4 atom stereocenters. The van der Waals surface area contributed by atoms with Crippen LogP contribution in [0, 0.1) is 5.92 Å². The van der Waals surface area contributed by atoms with Gasteiger partial charge in [0.15, 0.2) is 12.1 Å². The number of halogens is 2. The van der Waals surface area contributed by atoms with E-state index in [2.05, 4.69) is 10.6 Å². The third-order valence-electron chi connectivity index (χ3n) is 5.47. The second-order valence-corrected chi connectivity index (χ2v) is 8.30. The van der Waals surface area contributed by atoms with E-state index >= 15 is 0 Å². The van der Waals surface area contributed by atoms with Crippen LogP contribution in [0.5, 0.6) is 0 Å². The molecule has 1 fully saturated rings. The van der Waals surface area contributed by atoms with E-state index in [-0.39, 0.29) is 25.5 Å². The van der Waals surface area contributed by atoms with Crippen molar-refractivity contribution in [3.05, 3.63) is 0 Å². The van der Waals surface area contributed by atoms with E-state index in [0.717, 1.165) is 0 Å². The van der Waals surface area contributed by atoms with Crippen molar-refractivity contribution in [2.24, 2.45) is 5.92 Å². The predicted molar refractivity (Wildman–Crippen MR) is 106 cm³/mol. The average molecular weight is 433 g/mol. The Morgan fingerprint density at radius 1 is 1.30 bits per heavy atom. The molecule has 1 aliphatic heterocycles. The van der Waals surface area contributed by atoms with Gasteiger partial charge in [-0.15, -0.1) is 0 Å². The Kier molecular flexibility index (Phi) is 9.96. The molecule has 0 saturated carbocycles. The van der Waals surface area contributed by atoms with Crippen LogP contribution in [0.25, 0.3) is 0 Å². The lowest BCUT2D eigenvalue weighted by atomic mass is 9.94. The van der Waals surface area contributed by atoms with E-state index in [1.807, 2.05) is 0 Å². The van der Waals surface area contributed by atoms with Gasteiger partial charge in [-0.1, -0.05) is 6.92 Å². The van der Waals surface area contributed by atoms with Crippen LogP contribution in [0.4, 0.5) is 8.78 Å². The summed E-state index contributed by atoms with van der Waals surface area (Å²) in [6, 6.07) is -2.70. The molecule has 0 spiro atoms. The molecule has 0 radical (unpaired) electrons. The number of ketones is 1. The highest BCUT2D eigenvalue weighted by molar-refractivity contribution is 6.25. The minimum Gasteiger partial charge on any atom is -0.388 e. The maximum atomic E-state index is 13.2. The number of amides is 2. The van der Waals surface area contributed by atoms with Crippen LogP contribution < -0.4 is 10.6 Å². The van der Waals surface area contributed by atoms with Gasteiger partial charge in [0.2, 0.25) is 18.2 Å². The van der Waals surface area contributed by atoms with Crippen LogP contribution >= 0.6 is 0 Å². The van der Waals surface area contributed by atoms with Gasteiger partial charge in [0.05, 0.1) is 5.60 Å². The van der Waals surface area contributed by atoms with Crippen molar-refractivity contribution in [1.82, 2.24) is 15.5 Å². The molecule has 4 unspecified atom stereocenters. The highest BCUT2D eigenvalue weighted by atomic mass is 19.3. The second kappa shape index (κ2) is 11.5. The summed E-state index contributed by atoms with van der Waals surface area (Å²) in [6.07, 6.45) is -1.94. The van der Waals surface area contributed by atoms with E-state index in [9.17, 15) is 33.1 Å². The molecule has 172 valence electrons. The molecule has 1 rings (SSSR count). The van der Waals surface area contributed by atoms with Gasteiger partial charge in [0.1, 0.15) is 12.1 Å². The number of nitrogens with zero attached hydrogens (tertiary/aromatic N) is 1. The first kappa shape index (κ1) is 26.1. The van der Waals surface area contributed by atoms with Gasteiger partial charge in [-0.2, -0.15) is 0 Å². The third-order valence-corrected chi connectivity index (χ3v) is 5.47. The zero-order valence-electron chi connectivity index (χ0n) is 18.0. The molecule has 3 N–H and O–H groups in total. The summed E-state index contributed by atoms with van der Waals surface area (Å²) in [7, 11) is 1.53. The maximum absolute atomic E-state index is 13.2. The van der Waals surface area contributed by atoms with Gasteiger partial charge in [0.25, 0.3) is 0 Å². The molecule has 0 aromatic carbocycles. The van der Waals surface area contributed by atoms with Crippen LogP contribution in [0.2, 0.25) is 0 Å². The van der Waals surface area contributed by atoms with E-state index in [1.165, 1.54) is 25.8 Å². The summed E-state index contributed by atoms with van der Waals surface area (Å²) in [6.45, 7) is 4.86. The maximum Gasteiger partial charge on any atom is 0.243 e. The number of carbonyl (C=O) groups excluding carboxylic acids is 4. The van der Waals surface area contributed by atoms with Crippen LogP contribution in [0.3, 0.4) is 0 Å². The lowest BCUT2D eigenvalue weighted by Crippen LogP contribution is -2.59. The highest BCUT2D eigenvalue weighted by Gasteiger charge is 2.42. The quantitative estimate of drug-likeness (QED) is 0.308.